The summed E-state index contributed by atoms with van der Waals surface area (Å²) >= 11 is 0. The third-order valence-corrected chi connectivity index (χ3v) is 5.89. The molecule has 0 atom stereocenters. The van der Waals surface area contributed by atoms with Crippen LogP contribution < -0.4 is 14.2 Å². The molecule has 8 heteroatoms. The molecular weight excluding hydrogens is 416 g/mol. The number of carbonyl (C=O) groups excluding carboxylic acids is 1. The van der Waals surface area contributed by atoms with Gasteiger partial charge in [0.1, 0.15) is 18.1 Å². The predicted octanol–water partition coefficient (Wildman–Crippen LogP) is 3.65. The Kier molecular flexibility index (Phi) is 7.15. The van der Waals surface area contributed by atoms with Crippen LogP contribution in [0.5, 0.6) is 11.5 Å². The Balaban J connectivity index is 1.68. The Labute approximate surface area is 182 Å². The van der Waals surface area contributed by atoms with Crippen LogP contribution in [0.25, 0.3) is 0 Å². The van der Waals surface area contributed by atoms with Crippen LogP contribution in [-0.2, 0) is 10.0 Å². The van der Waals surface area contributed by atoms with Gasteiger partial charge in [-0.2, -0.15) is 0 Å². The van der Waals surface area contributed by atoms with Crippen molar-refractivity contribution in [1.82, 2.24) is 4.90 Å². The van der Waals surface area contributed by atoms with E-state index >= 15 is 0 Å². The van der Waals surface area contributed by atoms with E-state index in [0.29, 0.717) is 24.6 Å². The number of sulfonamides is 1. The summed E-state index contributed by atoms with van der Waals surface area (Å²) in [6.07, 6.45) is 0. The topological polar surface area (TPSA) is 84.9 Å². The zero-order valence-corrected chi connectivity index (χ0v) is 18.1. The Bertz CT molecular complexity index is 1130. The molecule has 3 aromatic carbocycles. The smallest absolute Gasteiger partial charge is 0.262 e. The average molecular weight is 441 g/mol. The Hall–Kier alpha value is -3.52. The van der Waals surface area contributed by atoms with Crippen LogP contribution in [0.1, 0.15) is 10.4 Å². The number of rotatable bonds is 9. The first-order valence-electron chi connectivity index (χ1n) is 9.60. The average Bonchev–Trinajstić information content (AvgIpc) is 2.79. The monoisotopic (exact) mass is 440 g/mol. The van der Waals surface area contributed by atoms with Gasteiger partial charge in [0.25, 0.3) is 15.9 Å². The SMILES string of the molecule is COc1ccccc1NS(=O)(=O)c1cccc(C(=O)N(C)CCOc2ccccc2)c1. The molecule has 0 aliphatic rings. The van der Waals surface area contributed by atoms with Crippen LogP contribution in [0.3, 0.4) is 0 Å². The number of amides is 1. The summed E-state index contributed by atoms with van der Waals surface area (Å²) in [5, 5.41) is 0. The fraction of sp³-hybridized carbons (Fsp3) is 0.174. The summed E-state index contributed by atoms with van der Waals surface area (Å²) < 4.78 is 39.0. The van der Waals surface area contributed by atoms with Gasteiger partial charge >= 0.3 is 0 Å². The van der Waals surface area contributed by atoms with Gasteiger partial charge in [-0.05, 0) is 42.5 Å². The van der Waals surface area contributed by atoms with E-state index < -0.39 is 10.0 Å². The standard InChI is InChI=1S/C23H24N2O5S/c1-25(15-16-30-19-10-4-3-5-11-19)23(26)18-9-8-12-20(17-18)31(27,28)24-21-13-6-7-14-22(21)29-2/h3-14,17,24H,15-16H2,1-2H3. The van der Waals surface area contributed by atoms with Crippen molar-refractivity contribution in [2.24, 2.45) is 0 Å². The number of carbonyl (C=O) groups is 1. The Morgan fingerprint density at radius 3 is 2.42 bits per heavy atom. The number of benzene rings is 3. The van der Waals surface area contributed by atoms with Gasteiger partial charge in [-0.3, -0.25) is 9.52 Å². The summed E-state index contributed by atoms with van der Waals surface area (Å²) in [7, 11) is -0.800. The highest BCUT2D eigenvalue weighted by Gasteiger charge is 2.19. The molecule has 0 saturated heterocycles. The number of ether oxygens (including phenoxy) is 2. The molecule has 0 unspecified atom stereocenters. The van der Waals surface area contributed by atoms with Gasteiger partial charge in [-0.1, -0.05) is 36.4 Å². The molecule has 0 heterocycles. The minimum Gasteiger partial charge on any atom is -0.495 e. The van der Waals surface area contributed by atoms with E-state index in [1.807, 2.05) is 30.3 Å². The van der Waals surface area contributed by atoms with Crippen LogP contribution in [-0.4, -0.2) is 46.5 Å². The second-order valence-electron chi connectivity index (χ2n) is 6.72. The van der Waals surface area contributed by atoms with E-state index in [1.54, 1.807) is 43.4 Å². The molecule has 0 aliphatic carbocycles. The number of methoxy groups -OCH3 is 1. The largest absolute Gasteiger partial charge is 0.495 e. The van der Waals surface area contributed by atoms with Crippen molar-refractivity contribution in [1.29, 1.82) is 0 Å². The fourth-order valence-electron chi connectivity index (χ4n) is 2.87. The maximum atomic E-state index is 12.8. The van der Waals surface area contributed by atoms with Crippen LogP contribution in [0, 0.1) is 0 Å². The summed E-state index contributed by atoms with van der Waals surface area (Å²) in [6.45, 7) is 0.670. The normalized spacial score (nSPS) is 10.9. The second-order valence-corrected chi connectivity index (χ2v) is 8.40. The first-order chi connectivity index (χ1) is 14.9. The van der Waals surface area contributed by atoms with Crippen LogP contribution in [0.4, 0.5) is 5.69 Å². The van der Waals surface area contributed by atoms with Gasteiger partial charge in [0, 0.05) is 12.6 Å². The second kappa shape index (κ2) is 9.99. The maximum absolute atomic E-state index is 12.8. The van der Waals surface area contributed by atoms with Crippen molar-refractivity contribution in [2.75, 3.05) is 32.0 Å². The molecule has 31 heavy (non-hydrogen) atoms. The van der Waals surface area contributed by atoms with Gasteiger partial charge in [-0.25, -0.2) is 8.42 Å². The molecule has 0 fully saturated rings. The highest BCUT2D eigenvalue weighted by atomic mass is 32.2. The highest BCUT2D eigenvalue weighted by molar-refractivity contribution is 7.92. The number of nitrogens with zero attached hydrogens (tertiary/aromatic N) is 1. The number of hydrogen-bond acceptors (Lipinski definition) is 5. The summed E-state index contributed by atoms with van der Waals surface area (Å²) in [5.41, 5.74) is 0.585. The van der Waals surface area contributed by atoms with Gasteiger partial charge in [0.15, 0.2) is 0 Å². The molecule has 1 amide bonds. The molecule has 1 N–H and O–H groups in total. The molecule has 7 nitrogen and oxygen atoms in total. The van der Waals surface area contributed by atoms with Crippen LogP contribution >= 0.6 is 0 Å². The Morgan fingerprint density at radius 2 is 1.68 bits per heavy atom. The third kappa shape index (κ3) is 5.76. The molecule has 162 valence electrons. The van der Waals surface area contributed by atoms with Crippen molar-refractivity contribution in [3.63, 3.8) is 0 Å². The zero-order chi connectivity index (χ0) is 22.3. The first-order valence-corrected chi connectivity index (χ1v) is 11.1. The fourth-order valence-corrected chi connectivity index (χ4v) is 3.98. The minimum atomic E-state index is -3.91. The first kappa shape index (κ1) is 22.2. The van der Waals surface area contributed by atoms with Gasteiger partial charge < -0.3 is 14.4 Å². The van der Waals surface area contributed by atoms with Crippen molar-refractivity contribution < 1.29 is 22.7 Å². The van der Waals surface area contributed by atoms with Gasteiger partial charge in [0.05, 0.1) is 24.2 Å². The lowest BCUT2D eigenvalue weighted by atomic mass is 10.2. The molecule has 3 aromatic rings. The van der Waals surface area contributed by atoms with Crippen molar-refractivity contribution in [3.8, 4) is 11.5 Å². The molecular formula is C23H24N2O5S. The molecule has 0 spiro atoms. The van der Waals surface area contributed by atoms with Gasteiger partial charge in [-0.15, -0.1) is 0 Å². The quantitative estimate of drug-likeness (QED) is 0.549. The van der Waals surface area contributed by atoms with E-state index in [4.69, 9.17) is 9.47 Å². The maximum Gasteiger partial charge on any atom is 0.262 e. The zero-order valence-electron chi connectivity index (χ0n) is 17.3. The lowest BCUT2D eigenvalue weighted by Crippen LogP contribution is -2.31. The van der Waals surface area contributed by atoms with E-state index in [-0.39, 0.29) is 16.4 Å². The van der Waals surface area contributed by atoms with Crippen LogP contribution in [0.2, 0.25) is 0 Å². The van der Waals surface area contributed by atoms with E-state index in [9.17, 15) is 13.2 Å². The number of hydrogen-bond donors (Lipinski definition) is 1. The van der Waals surface area contributed by atoms with E-state index in [1.165, 1.54) is 24.1 Å². The summed E-state index contributed by atoms with van der Waals surface area (Å²) in [4.78, 5) is 14.2. The van der Waals surface area contributed by atoms with Crippen molar-refractivity contribution in [2.45, 2.75) is 4.90 Å². The van der Waals surface area contributed by atoms with Crippen molar-refractivity contribution in [3.05, 3.63) is 84.4 Å². The molecule has 0 bridgehead atoms. The van der Waals surface area contributed by atoms with Crippen molar-refractivity contribution >= 4 is 21.6 Å². The van der Waals surface area contributed by atoms with E-state index in [0.717, 1.165) is 5.75 Å². The molecule has 3 rings (SSSR count). The molecule has 0 saturated carbocycles. The molecule has 0 aromatic heterocycles. The van der Waals surface area contributed by atoms with E-state index in [2.05, 4.69) is 4.72 Å². The number of nitrogens with one attached hydrogen (secondary N) is 1. The highest BCUT2D eigenvalue weighted by Crippen LogP contribution is 2.26. The summed E-state index contributed by atoms with van der Waals surface area (Å²) in [5.74, 6) is 0.821. The number of anilines is 1. The Morgan fingerprint density at radius 1 is 0.968 bits per heavy atom. The summed E-state index contributed by atoms with van der Waals surface area (Å²) in [6, 6.07) is 21.9. The minimum absolute atomic E-state index is 0.0156. The third-order valence-electron chi connectivity index (χ3n) is 4.53. The molecule has 0 aliphatic heterocycles. The molecule has 0 radical (unpaired) electrons. The number of para-hydroxylation sites is 3. The lowest BCUT2D eigenvalue weighted by Gasteiger charge is -2.18. The predicted molar refractivity (Wildman–Crippen MR) is 119 cm³/mol. The van der Waals surface area contributed by atoms with Gasteiger partial charge in [0.2, 0.25) is 0 Å². The van der Waals surface area contributed by atoms with Crippen LogP contribution in [0.15, 0.2) is 83.8 Å². The number of likely N-dealkylation sites (N-methyl/N-ethyl adjacent to an activating group) is 1. The lowest BCUT2D eigenvalue weighted by molar-refractivity contribution is 0.0773.